The second-order valence-electron chi connectivity index (χ2n) is 5.08. The summed E-state index contributed by atoms with van der Waals surface area (Å²) in [6.07, 6.45) is 0.0316. The van der Waals surface area contributed by atoms with E-state index in [0.29, 0.717) is 0 Å². The van der Waals surface area contributed by atoms with Gasteiger partial charge in [0.25, 0.3) is 0 Å². The Labute approximate surface area is 109 Å². The molecule has 1 amide bonds. The van der Waals surface area contributed by atoms with Crippen LogP contribution >= 0.6 is 11.8 Å². The van der Waals surface area contributed by atoms with Crippen molar-refractivity contribution in [1.82, 2.24) is 4.90 Å². The van der Waals surface area contributed by atoms with Gasteiger partial charge in [0.1, 0.15) is 5.70 Å². The molecule has 98 valence electrons. The van der Waals surface area contributed by atoms with Crippen molar-refractivity contribution in [3.63, 3.8) is 0 Å². The normalized spacial score (nSPS) is 36.0. The molecule has 2 saturated heterocycles. The largest absolute Gasteiger partial charge is 0.477 e. The van der Waals surface area contributed by atoms with Gasteiger partial charge in [-0.25, -0.2) is 4.79 Å². The molecular weight excluding hydrogens is 254 g/mol. The molecule has 0 unspecified atom stereocenters. The van der Waals surface area contributed by atoms with Gasteiger partial charge in [0, 0.05) is 11.7 Å². The van der Waals surface area contributed by atoms with E-state index in [-0.39, 0.29) is 23.6 Å². The van der Waals surface area contributed by atoms with Crippen molar-refractivity contribution in [3.8, 4) is 0 Å². The van der Waals surface area contributed by atoms with E-state index in [2.05, 4.69) is 0 Å². The molecule has 3 heterocycles. The number of aliphatic carboxylic acids is 1. The van der Waals surface area contributed by atoms with E-state index in [0.717, 1.165) is 23.5 Å². The zero-order valence-corrected chi connectivity index (χ0v) is 10.8. The number of hydrogen-bond donors (Lipinski definition) is 2. The summed E-state index contributed by atoms with van der Waals surface area (Å²) >= 11 is 1.79. The van der Waals surface area contributed by atoms with Gasteiger partial charge in [0.05, 0.1) is 18.1 Å². The Balaban J connectivity index is 2.00. The average Bonchev–Trinajstić information content (AvgIpc) is 2.60. The van der Waals surface area contributed by atoms with Crippen molar-refractivity contribution in [3.05, 3.63) is 11.3 Å². The zero-order chi connectivity index (χ0) is 13.0. The zero-order valence-electron chi connectivity index (χ0n) is 10.00. The first-order chi connectivity index (χ1) is 8.54. The third-order valence-electron chi connectivity index (χ3n) is 4.13. The summed E-state index contributed by atoms with van der Waals surface area (Å²) in [5, 5.41) is 19.0. The molecule has 0 aromatic rings. The summed E-state index contributed by atoms with van der Waals surface area (Å²) in [5.74, 6) is 0.203. The highest BCUT2D eigenvalue weighted by Crippen LogP contribution is 2.51. The number of thioether (sulfide) groups is 1. The Morgan fingerprint density at radius 3 is 2.89 bits per heavy atom. The van der Waals surface area contributed by atoms with E-state index < -0.39 is 18.0 Å². The molecule has 0 saturated carbocycles. The van der Waals surface area contributed by atoms with E-state index in [1.165, 1.54) is 4.90 Å². The van der Waals surface area contributed by atoms with Gasteiger partial charge in [-0.05, 0) is 24.7 Å². The number of fused-ring (bicyclic) bond motifs is 3. The van der Waals surface area contributed by atoms with Crippen LogP contribution in [-0.2, 0) is 9.59 Å². The molecule has 0 radical (unpaired) electrons. The molecule has 5 nitrogen and oxygen atoms in total. The highest BCUT2D eigenvalue weighted by molar-refractivity contribution is 7.99. The topological polar surface area (TPSA) is 77.8 Å². The van der Waals surface area contributed by atoms with Crippen LogP contribution in [0.5, 0.6) is 0 Å². The summed E-state index contributed by atoms with van der Waals surface area (Å²) in [7, 11) is 0. The standard InChI is InChI=1S/C12H15NO4S/c1-5(14)8-9-7-4-18-3-2-6(7)10(12(16)17)13(9)11(8)15/h5,7-9,14H,2-4H2,1H3,(H,16,17)/t5-,7-,8-,9-/m1/s1. The molecule has 0 aliphatic carbocycles. The van der Waals surface area contributed by atoms with Crippen molar-refractivity contribution < 1.29 is 19.8 Å². The summed E-state index contributed by atoms with van der Waals surface area (Å²) in [4.78, 5) is 24.8. The fourth-order valence-electron chi connectivity index (χ4n) is 3.39. The third-order valence-corrected chi connectivity index (χ3v) is 5.22. The number of aliphatic hydroxyl groups excluding tert-OH is 1. The number of carboxylic acids is 1. The molecule has 3 rings (SSSR count). The van der Waals surface area contributed by atoms with Crippen molar-refractivity contribution in [2.45, 2.75) is 25.5 Å². The predicted octanol–water partition coefficient (Wildman–Crippen LogP) is 0.300. The first kappa shape index (κ1) is 12.0. The Bertz CT molecular complexity index is 459. The molecule has 3 aliphatic heterocycles. The minimum atomic E-state index is -1.01. The number of hydrogen-bond acceptors (Lipinski definition) is 4. The maximum Gasteiger partial charge on any atom is 0.352 e. The Kier molecular flexibility index (Phi) is 2.67. The van der Waals surface area contributed by atoms with Crippen LogP contribution in [0.4, 0.5) is 0 Å². The Morgan fingerprint density at radius 2 is 2.28 bits per heavy atom. The van der Waals surface area contributed by atoms with Crippen LogP contribution in [0.3, 0.4) is 0 Å². The van der Waals surface area contributed by atoms with Gasteiger partial charge >= 0.3 is 5.97 Å². The van der Waals surface area contributed by atoms with Crippen LogP contribution in [0.1, 0.15) is 13.3 Å². The van der Waals surface area contributed by atoms with Gasteiger partial charge in [-0.15, -0.1) is 0 Å². The SMILES string of the molecule is C[C@@H](O)[C@H]1C(=O)N2C(C(=O)O)=C3CCSC[C@H]3[C@H]12. The predicted molar refractivity (Wildman–Crippen MR) is 65.9 cm³/mol. The van der Waals surface area contributed by atoms with E-state index in [1.807, 2.05) is 0 Å². The van der Waals surface area contributed by atoms with Crippen molar-refractivity contribution >= 4 is 23.6 Å². The third kappa shape index (κ3) is 1.39. The van der Waals surface area contributed by atoms with Gasteiger partial charge in [0.15, 0.2) is 0 Å². The lowest BCUT2D eigenvalue weighted by Gasteiger charge is -2.47. The number of carboxylic acid groups (broad SMARTS) is 1. The minimum absolute atomic E-state index is 0.118. The molecule has 0 bridgehead atoms. The van der Waals surface area contributed by atoms with Crippen LogP contribution in [0.15, 0.2) is 11.3 Å². The summed E-state index contributed by atoms with van der Waals surface area (Å²) < 4.78 is 0. The van der Waals surface area contributed by atoms with Gasteiger partial charge < -0.3 is 15.1 Å². The van der Waals surface area contributed by atoms with Gasteiger partial charge in [-0.1, -0.05) is 0 Å². The number of carbonyl (C=O) groups is 2. The number of aliphatic hydroxyl groups is 1. The van der Waals surface area contributed by atoms with E-state index in [1.54, 1.807) is 18.7 Å². The lowest BCUT2D eigenvalue weighted by molar-refractivity contribution is -0.163. The molecule has 4 atom stereocenters. The fraction of sp³-hybridized carbons (Fsp3) is 0.667. The highest BCUT2D eigenvalue weighted by Gasteiger charge is 2.61. The summed E-state index contributed by atoms with van der Waals surface area (Å²) in [6.45, 7) is 1.61. The molecule has 6 heteroatoms. The van der Waals surface area contributed by atoms with Gasteiger partial charge in [-0.3, -0.25) is 4.79 Å². The van der Waals surface area contributed by atoms with Crippen LogP contribution in [-0.4, -0.2) is 50.6 Å². The highest BCUT2D eigenvalue weighted by atomic mass is 32.2. The molecule has 18 heavy (non-hydrogen) atoms. The van der Waals surface area contributed by atoms with E-state index in [9.17, 15) is 19.8 Å². The van der Waals surface area contributed by atoms with Gasteiger partial charge in [0.2, 0.25) is 5.91 Å². The number of amides is 1. The molecule has 0 spiro atoms. The van der Waals surface area contributed by atoms with E-state index in [4.69, 9.17) is 0 Å². The molecule has 3 aliphatic rings. The molecule has 0 aromatic carbocycles. The molecule has 2 N–H and O–H groups in total. The average molecular weight is 269 g/mol. The maximum absolute atomic E-state index is 12.0. The molecular formula is C12H15NO4S. The molecule has 2 fully saturated rings. The maximum atomic E-state index is 12.0. The first-order valence-corrected chi connectivity index (χ1v) is 7.24. The van der Waals surface area contributed by atoms with Crippen LogP contribution in [0.25, 0.3) is 0 Å². The van der Waals surface area contributed by atoms with Crippen LogP contribution in [0, 0.1) is 11.8 Å². The van der Waals surface area contributed by atoms with Crippen molar-refractivity contribution in [2.24, 2.45) is 11.8 Å². The van der Waals surface area contributed by atoms with Crippen molar-refractivity contribution in [2.75, 3.05) is 11.5 Å². The summed E-state index contributed by atoms with van der Waals surface area (Å²) in [5.41, 5.74) is 1.09. The fourth-order valence-corrected chi connectivity index (χ4v) is 4.57. The molecule has 0 aromatic heterocycles. The lowest BCUT2D eigenvalue weighted by Crippen LogP contribution is -2.64. The second kappa shape index (κ2) is 3.99. The van der Waals surface area contributed by atoms with Crippen LogP contribution in [0.2, 0.25) is 0 Å². The van der Waals surface area contributed by atoms with Crippen molar-refractivity contribution in [1.29, 1.82) is 0 Å². The van der Waals surface area contributed by atoms with Crippen LogP contribution < -0.4 is 0 Å². The Hall–Kier alpha value is -1.01. The summed E-state index contributed by atoms with van der Waals surface area (Å²) in [6, 6.07) is -0.133. The number of β-lactam (4-membered cyclic amide) rings is 1. The quantitative estimate of drug-likeness (QED) is 0.705. The van der Waals surface area contributed by atoms with E-state index >= 15 is 0 Å². The Morgan fingerprint density at radius 1 is 1.56 bits per heavy atom. The lowest BCUT2D eigenvalue weighted by atomic mass is 9.77. The monoisotopic (exact) mass is 269 g/mol. The number of rotatable bonds is 2. The minimum Gasteiger partial charge on any atom is -0.477 e. The second-order valence-corrected chi connectivity index (χ2v) is 6.23. The number of nitrogens with zero attached hydrogens (tertiary/aromatic N) is 1. The smallest absolute Gasteiger partial charge is 0.352 e. The van der Waals surface area contributed by atoms with Gasteiger partial charge in [-0.2, -0.15) is 11.8 Å². The number of carbonyl (C=O) groups excluding carboxylic acids is 1. The first-order valence-electron chi connectivity index (χ1n) is 6.09.